The molecule has 0 fully saturated rings. The van der Waals surface area contributed by atoms with Crippen molar-refractivity contribution in [3.05, 3.63) is 102 Å². The number of amides is 1. The van der Waals surface area contributed by atoms with E-state index in [0.717, 1.165) is 53.5 Å². The number of nitrogens with one attached hydrogen (secondary N) is 2. The third kappa shape index (κ3) is 7.64. The highest BCUT2D eigenvalue weighted by molar-refractivity contribution is 6.00. The maximum atomic E-state index is 14.4. The molecular weight excluding hydrogens is 507 g/mol. The Hall–Kier alpha value is -4.30. The van der Waals surface area contributed by atoms with E-state index < -0.39 is 5.95 Å². The second-order valence-corrected chi connectivity index (χ2v) is 9.26. The van der Waals surface area contributed by atoms with Crippen molar-refractivity contribution in [2.45, 2.75) is 32.6 Å². The maximum Gasteiger partial charge on any atom is 0.243 e. The Morgan fingerprint density at radius 2 is 1.85 bits per heavy atom. The lowest BCUT2D eigenvalue weighted by atomic mass is 9.88. The van der Waals surface area contributed by atoms with E-state index in [-0.39, 0.29) is 5.91 Å². The second kappa shape index (κ2) is 14.7. The lowest BCUT2D eigenvalue weighted by Crippen LogP contribution is -2.24. The molecule has 2 N–H and O–H groups in total. The number of allylic oxidation sites excluding steroid dienone is 2. The van der Waals surface area contributed by atoms with Gasteiger partial charge in [-0.25, -0.2) is 4.98 Å². The van der Waals surface area contributed by atoms with Gasteiger partial charge in [0, 0.05) is 31.5 Å². The molecule has 0 aliphatic carbocycles. The molecule has 4 aromatic rings. The van der Waals surface area contributed by atoms with Crippen LogP contribution < -0.4 is 10.1 Å². The molecule has 4 rings (SSSR count). The van der Waals surface area contributed by atoms with Crippen LogP contribution in [0.15, 0.2) is 79.0 Å². The molecule has 0 bridgehead atoms. The summed E-state index contributed by atoms with van der Waals surface area (Å²) in [4.78, 5) is 16.2. The highest BCUT2D eigenvalue weighted by Gasteiger charge is 2.16. The van der Waals surface area contributed by atoms with Gasteiger partial charge in [0.15, 0.2) is 0 Å². The Labute approximate surface area is 234 Å². The molecule has 0 atom stereocenters. The van der Waals surface area contributed by atoms with Crippen LogP contribution in [-0.2, 0) is 9.53 Å². The SMILES string of the molecule is CC/C(=C(/c1ccc(OCCCC/C=C/C(=O)NCCOC)nc1)c1ccc2n[nH]c(F)c2c1)c1ccccc1. The highest BCUT2D eigenvalue weighted by atomic mass is 19.1. The van der Waals surface area contributed by atoms with Gasteiger partial charge in [0.2, 0.25) is 17.7 Å². The van der Waals surface area contributed by atoms with Gasteiger partial charge >= 0.3 is 0 Å². The number of carbonyl (C=O) groups is 1. The van der Waals surface area contributed by atoms with Gasteiger partial charge in [0.1, 0.15) is 0 Å². The van der Waals surface area contributed by atoms with Gasteiger partial charge in [-0.2, -0.15) is 9.49 Å². The van der Waals surface area contributed by atoms with Crippen LogP contribution in [0.1, 0.15) is 49.3 Å². The van der Waals surface area contributed by atoms with Crippen molar-refractivity contribution in [2.75, 3.05) is 26.9 Å². The molecule has 0 aliphatic heterocycles. The molecule has 0 spiro atoms. The lowest BCUT2D eigenvalue weighted by molar-refractivity contribution is -0.116. The molecule has 2 aromatic heterocycles. The van der Waals surface area contributed by atoms with Crippen LogP contribution in [0, 0.1) is 5.95 Å². The van der Waals surface area contributed by atoms with E-state index in [2.05, 4.69) is 39.6 Å². The third-order valence-electron chi connectivity index (χ3n) is 6.49. The Balaban J connectivity index is 1.44. The number of ether oxygens (including phenoxy) is 2. The molecule has 0 unspecified atom stereocenters. The molecule has 2 aromatic carbocycles. The quantitative estimate of drug-likeness (QED) is 0.110. The Bertz CT molecular complexity index is 1450. The molecule has 1 amide bonds. The molecular formula is C32H35FN4O3. The first-order valence-electron chi connectivity index (χ1n) is 13.6. The Morgan fingerprint density at radius 3 is 2.60 bits per heavy atom. The average Bonchev–Trinajstić information content (AvgIpc) is 3.36. The number of methoxy groups -OCH3 is 1. The fourth-order valence-corrected chi connectivity index (χ4v) is 4.49. The number of benzene rings is 2. The zero-order chi connectivity index (χ0) is 28.2. The fraction of sp³-hybridized carbons (Fsp3) is 0.281. The number of rotatable bonds is 14. The summed E-state index contributed by atoms with van der Waals surface area (Å²) >= 11 is 0. The standard InChI is InChI=1S/C32H35FN4O3/c1-3-26(23-11-7-6-8-12-23)31(24-14-16-28-27(21-24)32(33)37-36-28)25-15-17-30(35-22-25)40-19-10-5-4-9-13-29(38)34-18-20-39-2/h6-9,11-17,21-22H,3-5,10,18-20H2,1-2H3,(H,34,38)(H,36,37)/b13-9+,31-26-. The topological polar surface area (TPSA) is 89.1 Å². The monoisotopic (exact) mass is 542 g/mol. The summed E-state index contributed by atoms with van der Waals surface area (Å²) in [6.45, 7) is 3.65. The molecule has 0 saturated heterocycles. The van der Waals surface area contributed by atoms with Crippen molar-refractivity contribution in [1.82, 2.24) is 20.5 Å². The van der Waals surface area contributed by atoms with E-state index in [1.165, 1.54) is 0 Å². The number of nitrogens with zero attached hydrogens (tertiary/aromatic N) is 2. The van der Waals surface area contributed by atoms with Crippen LogP contribution in [0.4, 0.5) is 4.39 Å². The smallest absolute Gasteiger partial charge is 0.243 e. The van der Waals surface area contributed by atoms with Crippen LogP contribution in [0.25, 0.3) is 22.0 Å². The van der Waals surface area contributed by atoms with E-state index in [0.29, 0.717) is 36.5 Å². The van der Waals surface area contributed by atoms with Gasteiger partial charge in [-0.1, -0.05) is 49.4 Å². The van der Waals surface area contributed by atoms with Crippen molar-refractivity contribution in [3.8, 4) is 5.88 Å². The maximum absolute atomic E-state index is 14.4. The summed E-state index contributed by atoms with van der Waals surface area (Å²) in [5, 5.41) is 9.66. The predicted molar refractivity (Wildman–Crippen MR) is 156 cm³/mol. The first-order chi connectivity index (χ1) is 19.6. The Morgan fingerprint density at radius 1 is 1.02 bits per heavy atom. The first kappa shape index (κ1) is 28.7. The van der Waals surface area contributed by atoms with Crippen LogP contribution in [0.3, 0.4) is 0 Å². The predicted octanol–water partition coefficient (Wildman–Crippen LogP) is 6.33. The van der Waals surface area contributed by atoms with E-state index in [1.54, 1.807) is 13.2 Å². The van der Waals surface area contributed by atoms with Gasteiger partial charge in [0.05, 0.1) is 24.1 Å². The minimum absolute atomic E-state index is 0.112. The molecule has 40 heavy (non-hydrogen) atoms. The van der Waals surface area contributed by atoms with E-state index in [1.807, 2.05) is 60.8 Å². The zero-order valence-electron chi connectivity index (χ0n) is 23.0. The van der Waals surface area contributed by atoms with Crippen molar-refractivity contribution >= 4 is 28.0 Å². The molecule has 208 valence electrons. The van der Waals surface area contributed by atoms with E-state index >= 15 is 0 Å². The molecule has 0 saturated carbocycles. The van der Waals surface area contributed by atoms with Crippen LogP contribution in [-0.4, -0.2) is 48.0 Å². The number of H-pyrrole nitrogens is 1. The summed E-state index contributed by atoms with van der Waals surface area (Å²) in [6, 6.07) is 19.7. The number of unbranched alkanes of at least 4 members (excludes halogenated alkanes) is 2. The first-order valence-corrected chi connectivity index (χ1v) is 13.6. The minimum atomic E-state index is -0.448. The van der Waals surface area contributed by atoms with Gasteiger partial charge < -0.3 is 14.8 Å². The van der Waals surface area contributed by atoms with E-state index in [9.17, 15) is 9.18 Å². The number of carbonyl (C=O) groups excluding carboxylic acids is 1. The normalized spacial score (nSPS) is 12.1. The van der Waals surface area contributed by atoms with Crippen molar-refractivity contribution in [3.63, 3.8) is 0 Å². The molecule has 7 nitrogen and oxygen atoms in total. The van der Waals surface area contributed by atoms with Crippen molar-refractivity contribution in [1.29, 1.82) is 0 Å². The number of aromatic nitrogens is 3. The van der Waals surface area contributed by atoms with Crippen molar-refractivity contribution < 1.29 is 18.7 Å². The summed E-state index contributed by atoms with van der Waals surface area (Å²) in [5.41, 5.74) is 5.64. The number of fused-ring (bicyclic) bond motifs is 1. The largest absolute Gasteiger partial charge is 0.478 e. The molecule has 0 aliphatic rings. The summed E-state index contributed by atoms with van der Waals surface area (Å²) in [7, 11) is 1.60. The zero-order valence-corrected chi connectivity index (χ0v) is 23.0. The minimum Gasteiger partial charge on any atom is -0.478 e. The molecule has 0 radical (unpaired) electrons. The highest BCUT2D eigenvalue weighted by Crippen LogP contribution is 2.35. The van der Waals surface area contributed by atoms with Gasteiger partial charge in [-0.3, -0.25) is 9.89 Å². The number of halogens is 1. The number of hydrogen-bond acceptors (Lipinski definition) is 5. The number of hydrogen-bond donors (Lipinski definition) is 2. The van der Waals surface area contributed by atoms with Gasteiger partial charge in [-0.15, -0.1) is 0 Å². The van der Waals surface area contributed by atoms with Crippen LogP contribution in [0.5, 0.6) is 5.88 Å². The van der Waals surface area contributed by atoms with Crippen LogP contribution >= 0.6 is 0 Å². The van der Waals surface area contributed by atoms with Crippen LogP contribution in [0.2, 0.25) is 0 Å². The van der Waals surface area contributed by atoms with Crippen molar-refractivity contribution in [2.24, 2.45) is 0 Å². The Kier molecular flexibility index (Phi) is 10.6. The van der Waals surface area contributed by atoms with Gasteiger partial charge in [-0.05, 0) is 72.2 Å². The number of pyridine rings is 1. The lowest BCUT2D eigenvalue weighted by Gasteiger charge is -2.16. The summed E-state index contributed by atoms with van der Waals surface area (Å²) < 4.78 is 25.1. The summed E-state index contributed by atoms with van der Waals surface area (Å²) in [5.74, 6) is -0.0127. The fourth-order valence-electron chi connectivity index (χ4n) is 4.49. The number of aromatic amines is 1. The van der Waals surface area contributed by atoms with Gasteiger partial charge in [0.25, 0.3) is 0 Å². The van der Waals surface area contributed by atoms with E-state index in [4.69, 9.17) is 9.47 Å². The molecule has 8 heteroatoms. The molecule has 2 heterocycles. The average molecular weight is 543 g/mol. The third-order valence-corrected chi connectivity index (χ3v) is 6.49. The summed E-state index contributed by atoms with van der Waals surface area (Å²) in [6.07, 6.45) is 8.55. The second-order valence-electron chi connectivity index (χ2n) is 9.26.